The fourth-order valence-corrected chi connectivity index (χ4v) is 3.19. The Morgan fingerprint density at radius 2 is 1.81 bits per heavy atom. The first kappa shape index (κ1) is 18.1. The summed E-state index contributed by atoms with van der Waals surface area (Å²) in [5, 5.41) is 2.83. The van der Waals surface area contributed by atoms with E-state index in [9.17, 15) is 9.59 Å². The molecule has 1 fully saturated rings. The minimum atomic E-state index is -0.202. The molecule has 1 saturated heterocycles. The maximum Gasteiger partial charge on any atom is 0.325 e. The van der Waals surface area contributed by atoms with Gasteiger partial charge in [0.2, 0.25) is 5.91 Å². The molecule has 26 heavy (non-hydrogen) atoms. The number of hydrogen-bond acceptors (Lipinski definition) is 4. The topological polar surface area (TPSA) is 61.9 Å². The van der Waals surface area contributed by atoms with E-state index in [4.69, 9.17) is 4.74 Å². The number of thioether (sulfide) groups is 1. The van der Waals surface area contributed by atoms with Crippen LogP contribution in [0.15, 0.2) is 53.4 Å². The fraction of sp³-hybridized carbons (Fsp3) is 0.263. The Balaban J connectivity index is 1.58. The number of benzene rings is 2. The molecule has 0 unspecified atom stereocenters. The molecule has 0 aliphatic carbocycles. The first-order valence-corrected chi connectivity index (χ1v) is 9.47. The summed E-state index contributed by atoms with van der Waals surface area (Å²) in [4.78, 5) is 29.2. The maximum atomic E-state index is 12.6. The Morgan fingerprint density at radius 3 is 2.42 bits per heavy atom. The van der Waals surface area contributed by atoms with Gasteiger partial charge in [-0.05, 0) is 54.8 Å². The predicted molar refractivity (Wildman–Crippen MR) is 104 cm³/mol. The van der Waals surface area contributed by atoms with E-state index >= 15 is 0 Å². The van der Waals surface area contributed by atoms with Crippen LogP contribution in [0.4, 0.5) is 16.2 Å². The van der Waals surface area contributed by atoms with Crippen molar-refractivity contribution >= 4 is 35.1 Å². The van der Waals surface area contributed by atoms with Gasteiger partial charge < -0.3 is 15.0 Å². The number of urea groups is 1. The highest BCUT2D eigenvalue weighted by molar-refractivity contribution is 7.98. The third kappa shape index (κ3) is 4.11. The highest BCUT2D eigenvalue weighted by Crippen LogP contribution is 2.23. The van der Waals surface area contributed by atoms with Gasteiger partial charge in [0, 0.05) is 29.4 Å². The number of nitrogens with zero attached hydrogens (tertiary/aromatic N) is 2. The molecule has 0 radical (unpaired) electrons. The average Bonchev–Trinajstić information content (AvgIpc) is 3.02. The van der Waals surface area contributed by atoms with Gasteiger partial charge in [0.25, 0.3) is 0 Å². The predicted octanol–water partition coefficient (Wildman–Crippen LogP) is 3.30. The molecule has 0 spiro atoms. The van der Waals surface area contributed by atoms with Gasteiger partial charge in [-0.2, -0.15) is 0 Å². The van der Waals surface area contributed by atoms with E-state index in [1.54, 1.807) is 28.7 Å². The molecule has 1 aliphatic heterocycles. The van der Waals surface area contributed by atoms with Gasteiger partial charge >= 0.3 is 6.03 Å². The monoisotopic (exact) mass is 371 g/mol. The van der Waals surface area contributed by atoms with Crippen molar-refractivity contribution in [3.63, 3.8) is 0 Å². The molecule has 0 aromatic heterocycles. The van der Waals surface area contributed by atoms with Crippen molar-refractivity contribution in [3.8, 4) is 5.75 Å². The lowest BCUT2D eigenvalue weighted by Gasteiger charge is -2.18. The second-order valence-electron chi connectivity index (χ2n) is 5.83. The number of rotatable bonds is 6. The molecule has 3 rings (SSSR count). The van der Waals surface area contributed by atoms with Crippen LogP contribution in [0.1, 0.15) is 0 Å². The van der Waals surface area contributed by atoms with Crippen molar-refractivity contribution in [2.24, 2.45) is 0 Å². The van der Waals surface area contributed by atoms with Crippen molar-refractivity contribution in [2.45, 2.75) is 4.90 Å². The molecule has 0 bridgehead atoms. The smallest absolute Gasteiger partial charge is 0.325 e. The van der Waals surface area contributed by atoms with Crippen LogP contribution in [0.3, 0.4) is 0 Å². The molecular weight excluding hydrogens is 350 g/mol. The van der Waals surface area contributed by atoms with Crippen LogP contribution >= 0.6 is 11.8 Å². The van der Waals surface area contributed by atoms with Gasteiger partial charge in [0.05, 0.1) is 7.11 Å². The number of amides is 3. The highest BCUT2D eigenvalue weighted by Gasteiger charge is 2.30. The molecular formula is C19H21N3O3S. The average molecular weight is 371 g/mol. The summed E-state index contributed by atoms with van der Waals surface area (Å²) in [6, 6.07) is 14.8. The zero-order valence-electron chi connectivity index (χ0n) is 14.8. The third-order valence-corrected chi connectivity index (χ3v) is 4.93. The lowest BCUT2D eigenvalue weighted by Crippen LogP contribution is -2.37. The molecule has 1 N–H and O–H groups in total. The van der Waals surface area contributed by atoms with Crippen LogP contribution in [0, 0.1) is 0 Å². The number of hydrogen-bond donors (Lipinski definition) is 1. The summed E-state index contributed by atoms with van der Waals surface area (Å²) in [7, 11) is 1.60. The van der Waals surface area contributed by atoms with Gasteiger partial charge in [0.15, 0.2) is 0 Å². The third-order valence-electron chi connectivity index (χ3n) is 4.19. The molecule has 2 aromatic rings. The minimum Gasteiger partial charge on any atom is -0.497 e. The summed E-state index contributed by atoms with van der Waals surface area (Å²) in [6.07, 6.45) is 2.00. The molecule has 3 amide bonds. The molecule has 6 nitrogen and oxygen atoms in total. The van der Waals surface area contributed by atoms with Crippen LogP contribution in [0.2, 0.25) is 0 Å². The Labute approximate surface area is 157 Å². The SMILES string of the molecule is COc1ccc(N2CCN(CC(=O)Nc3ccc(SC)cc3)C2=O)cc1. The molecule has 7 heteroatoms. The van der Waals surface area contributed by atoms with E-state index in [1.807, 2.05) is 54.8 Å². The maximum absolute atomic E-state index is 12.6. The Bertz CT molecular complexity index is 778. The molecule has 0 atom stereocenters. The van der Waals surface area contributed by atoms with E-state index in [0.29, 0.717) is 13.1 Å². The van der Waals surface area contributed by atoms with Gasteiger partial charge in [-0.1, -0.05) is 0 Å². The molecule has 1 heterocycles. The molecule has 2 aromatic carbocycles. The second-order valence-corrected chi connectivity index (χ2v) is 6.71. The standard InChI is InChI=1S/C19H21N3O3S/c1-25-16-7-5-15(6-8-16)22-12-11-21(19(22)24)13-18(23)20-14-3-9-17(26-2)10-4-14/h3-10H,11-13H2,1-2H3,(H,20,23). The van der Waals surface area contributed by atoms with Gasteiger partial charge in [0.1, 0.15) is 12.3 Å². The summed E-state index contributed by atoms with van der Waals surface area (Å²) in [5.74, 6) is 0.538. The Kier molecular flexibility index (Phi) is 5.68. The Morgan fingerprint density at radius 1 is 1.12 bits per heavy atom. The van der Waals surface area contributed by atoms with Gasteiger partial charge in [-0.3, -0.25) is 9.69 Å². The Hall–Kier alpha value is -2.67. The number of carbonyl (C=O) groups excluding carboxylic acids is 2. The zero-order valence-corrected chi connectivity index (χ0v) is 15.6. The number of ether oxygens (including phenoxy) is 1. The van der Waals surface area contributed by atoms with Crippen LogP contribution in [0.25, 0.3) is 0 Å². The van der Waals surface area contributed by atoms with Crippen molar-refractivity contribution in [2.75, 3.05) is 43.2 Å². The van der Waals surface area contributed by atoms with E-state index < -0.39 is 0 Å². The summed E-state index contributed by atoms with van der Waals surface area (Å²) in [6.45, 7) is 1.11. The normalized spacial score (nSPS) is 13.8. The van der Waals surface area contributed by atoms with E-state index in [0.717, 1.165) is 22.0 Å². The first-order valence-electron chi connectivity index (χ1n) is 8.25. The van der Waals surface area contributed by atoms with Crippen molar-refractivity contribution in [1.82, 2.24) is 4.90 Å². The van der Waals surface area contributed by atoms with Crippen LogP contribution in [-0.2, 0) is 4.79 Å². The summed E-state index contributed by atoms with van der Waals surface area (Å²) >= 11 is 1.64. The number of methoxy groups -OCH3 is 1. The van der Waals surface area contributed by atoms with E-state index in [-0.39, 0.29) is 18.5 Å². The van der Waals surface area contributed by atoms with E-state index in [2.05, 4.69) is 5.32 Å². The lowest BCUT2D eigenvalue weighted by atomic mass is 10.3. The minimum absolute atomic E-state index is 0.0375. The lowest BCUT2D eigenvalue weighted by molar-refractivity contribution is -0.116. The van der Waals surface area contributed by atoms with E-state index in [1.165, 1.54) is 0 Å². The number of nitrogens with one attached hydrogen (secondary N) is 1. The summed E-state index contributed by atoms with van der Waals surface area (Å²) < 4.78 is 5.14. The quantitative estimate of drug-likeness (QED) is 0.792. The van der Waals surface area contributed by atoms with Crippen LogP contribution in [0.5, 0.6) is 5.75 Å². The molecule has 1 aliphatic rings. The first-order chi connectivity index (χ1) is 12.6. The van der Waals surface area contributed by atoms with Gasteiger partial charge in [-0.15, -0.1) is 11.8 Å². The van der Waals surface area contributed by atoms with Crippen LogP contribution in [-0.4, -0.2) is 49.8 Å². The largest absolute Gasteiger partial charge is 0.497 e. The van der Waals surface area contributed by atoms with Crippen molar-refractivity contribution < 1.29 is 14.3 Å². The summed E-state index contributed by atoms with van der Waals surface area (Å²) in [5.41, 5.74) is 1.53. The van der Waals surface area contributed by atoms with Crippen molar-refractivity contribution in [3.05, 3.63) is 48.5 Å². The number of anilines is 2. The van der Waals surface area contributed by atoms with Gasteiger partial charge in [-0.25, -0.2) is 4.79 Å². The molecule has 0 saturated carbocycles. The highest BCUT2D eigenvalue weighted by atomic mass is 32.2. The van der Waals surface area contributed by atoms with Crippen molar-refractivity contribution in [1.29, 1.82) is 0 Å². The fourth-order valence-electron chi connectivity index (χ4n) is 2.78. The van der Waals surface area contributed by atoms with Crippen LogP contribution < -0.4 is 15.0 Å². The zero-order chi connectivity index (χ0) is 18.5. The molecule has 136 valence electrons. The number of carbonyl (C=O) groups is 2. The second kappa shape index (κ2) is 8.14.